The Hall–Kier alpha value is -1.40. The second-order valence-electron chi connectivity index (χ2n) is 4.32. The lowest BCUT2D eigenvalue weighted by Gasteiger charge is -2.23. The smallest absolute Gasteiger partial charge is 0.219 e. The van der Waals surface area contributed by atoms with Crippen molar-refractivity contribution in [3.05, 3.63) is 11.9 Å². The molecule has 1 aliphatic rings. The van der Waals surface area contributed by atoms with Crippen LogP contribution >= 0.6 is 0 Å². The summed E-state index contributed by atoms with van der Waals surface area (Å²) in [7, 11) is 1.82. The normalized spacial score (nSPS) is 16.3. The predicted molar refractivity (Wildman–Crippen MR) is 71.4 cm³/mol. The molecule has 1 N–H and O–H groups in total. The van der Waals surface area contributed by atoms with E-state index in [4.69, 9.17) is 14.2 Å². The van der Waals surface area contributed by atoms with E-state index >= 15 is 0 Å². The molecule has 0 radical (unpaired) electrons. The van der Waals surface area contributed by atoms with Gasteiger partial charge in [-0.25, -0.2) is 4.98 Å². The maximum Gasteiger partial charge on any atom is 0.219 e. The Kier molecular flexibility index (Phi) is 5.35. The van der Waals surface area contributed by atoms with Gasteiger partial charge in [0.2, 0.25) is 5.88 Å². The van der Waals surface area contributed by atoms with Crippen molar-refractivity contribution in [3.8, 4) is 5.88 Å². The standard InChI is InChI=1S/C13H21N3O3/c1-3-17-9-12-15-11(14-2)8-13(16-12)19-10-4-6-18-7-5-10/h8,10H,3-7,9H2,1-2H3,(H,14,15,16). The van der Waals surface area contributed by atoms with Crippen LogP contribution in [0.25, 0.3) is 0 Å². The second kappa shape index (κ2) is 7.25. The van der Waals surface area contributed by atoms with Crippen molar-refractivity contribution in [1.29, 1.82) is 0 Å². The fourth-order valence-electron chi connectivity index (χ4n) is 1.88. The largest absolute Gasteiger partial charge is 0.474 e. The van der Waals surface area contributed by atoms with E-state index < -0.39 is 0 Å². The molecule has 106 valence electrons. The Morgan fingerprint density at radius 1 is 1.37 bits per heavy atom. The molecule has 0 bridgehead atoms. The van der Waals surface area contributed by atoms with Crippen molar-refractivity contribution < 1.29 is 14.2 Å². The summed E-state index contributed by atoms with van der Waals surface area (Å²) < 4.78 is 16.5. The molecule has 0 unspecified atom stereocenters. The number of hydrogen-bond donors (Lipinski definition) is 1. The number of nitrogens with zero attached hydrogens (tertiary/aromatic N) is 2. The zero-order valence-electron chi connectivity index (χ0n) is 11.5. The molecule has 1 aromatic heterocycles. The molecule has 1 fully saturated rings. The number of rotatable bonds is 6. The zero-order valence-corrected chi connectivity index (χ0v) is 11.5. The second-order valence-corrected chi connectivity index (χ2v) is 4.32. The number of anilines is 1. The number of aromatic nitrogens is 2. The summed E-state index contributed by atoms with van der Waals surface area (Å²) in [6.07, 6.45) is 1.98. The molecule has 0 aliphatic carbocycles. The summed E-state index contributed by atoms with van der Waals surface area (Å²) in [5.74, 6) is 1.98. The molecule has 0 saturated carbocycles. The van der Waals surface area contributed by atoms with E-state index in [1.165, 1.54) is 0 Å². The molecule has 0 spiro atoms. The highest BCUT2D eigenvalue weighted by molar-refractivity contribution is 5.37. The molecule has 0 amide bonds. The first kappa shape index (κ1) is 14.0. The average Bonchev–Trinajstić information content (AvgIpc) is 2.46. The van der Waals surface area contributed by atoms with Crippen LogP contribution in [0.4, 0.5) is 5.82 Å². The van der Waals surface area contributed by atoms with Crippen LogP contribution in [0.1, 0.15) is 25.6 Å². The lowest BCUT2D eigenvalue weighted by atomic mass is 10.2. The van der Waals surface area contributed by atoms with Crippen LogP contribution < -0.4 is 10.1 Å². The van der Waals surface area contributed by atoms with Crippen molar-refractivity contribution in [2.45, 2.75) is 32.5 Å². The Bertz CT molecular complexity index is 395. The van der Waals surface area contributed by atoms with Gasteiger partial charge in [-0.3, -0.25) is 0 Å². The summed E-state index contributed by atoms with van der Waals surface area (Å²) in [4.78, 5) is 8.70. The third-order valence-electron chi connectivity index (χ3n) is 2.90. The maximum absolute atomic E-state index is 5.89. The van der Waals surface area contributed by atoms with E-state index in [0.717, 1.165) is 31.9 Å². The van der Waals surface area contributed by atoms with Crippen molar-refractivity contribution in [2.75, 3.05) is 32.2 Å². The molecular formula is C13H21N3O3. The fraction of sp³-hybridized carbons (Fsp3) is 0.692. The van der Waals surface area contributed by atoms with Crippen LogP contribution in [0.2, 0.25) is 0 Å². The van der Waals surface area contributed by atoms with Crippen molar-refractivity contribution in [2.24, 2.45) is 0 Å². The molecule has 1 aromatic rings. The summed E-state index contributed by atoms with van der Waals surface area (Å²) in [5.41, 5.74) is 0. The Morgan fingerprint density at radius 3 is 2.84 bits per heavy atom. The lowest BCUT2D eigenvalue weighted by molar-refractivity contribution is 0.0233. The number of hydrogen-bond acceptors (Lipinski definition) is 6. The van der Waals surface area contributed by atoms with Gasteiger partial charge in [0.05, 0.1) is 13.2 Å². The van der Waals surface area contributed by atoms with Gasteiger partial charge in [0, 0.05) is 32.6 Å². The first-order valence-electron chi connectivity index (χ1n) is 6.69. The first-order valence-corrected chi connectivity index (χ1v) is 6.69. The Morgan fingerprint density at radius 2 is 2.16 bits per heavy atom. The summed E-state index contributed by atoms with van der Waals surface area (Å²) in [6.45, 7) is 4.49. The summed E-state index contributed by atoms with van der Waals surface area (Å²) >= 11 is 0. The molecule has 6 nitrogen and oxygen atoms in total. The minimum atomic E-state index is 0.174. The topological polar surface area (TPSA) is 65.5 Å². The molecule has 6 heteroatoms. The quantitative estimate of drug-likeness (QED) is 0.844. The van der Waals surface area contributed by atoms with Crippen LogP contribution in [-0.4, -0.2) is 42.9 Å². The minimum absolute atomic E-state index is 0.174. The third-order valence-corrected chi connectivity index (χ3v) is 2.90. The van der Waals surface area contributed by atoms with Gasteiger partial charge in [0.15, 0.2) is 5.82 Å². The zero-order chi connectivity index (χ0) is 13.5. The van der Waals surface area contributed by atoms with Gasteiger partial charge in [-0.2, -0.15) is 4.98 Å². The monoisotopic (exact) mass is 267 g/mol. The molecule has 2 heterocycles. The van der Waals surface area contributed by atoms with E-state index in [-0.39, 0.29) is 6.10 Å². The van der Waals surface area contributed by atoms with Gasteiger partial charge in [0.1, 0.15) is 18.5 Å². The van der Waals surface area contributed by atoms with Crippen LogP contribution in [0, 0.1) is 0 Å². The fourth-order valence-corrected chi connectivity index (χ4v) is 1.88. The maximum atomic E-state index is 5.89. The van der Waals surface area contributed by atoms with E-state index in [1.54, 1.807) is 0 Å². The minimum Gasteiger partial charge on any atom is -0.474 e. The SMILES string of the molecule is CCOCc1nc(NC)cc(OC2CCOCC2)n1. The molecule has 1 saturated heterocycles. The van der Waals surface area contributed by atoms with Crippen LogP contribution in [-0.2, 0) is 16.1 Å². The van der Waals surface area contributed by atoms with Crippen molar-refractivity contribution in [3.63, 3.8) is 0 Å². The van der Waals surface area contributed by atoms with Gasteiger partial charge in [0.25, 0.3) is 0 Å². The first-order chi connectivity index (χ1) is 9.31. The third kappa shape index (κ3) is 4.33. The molecule has 0 aromatic carbocycles. The van der Waals surface area contributed by atoms with Crippen molar-refractivity contribution in [1.82, 2.24) is 9.97 Å². The van der Waals surface area contributed by atoms with Gasteiger partial charge >= 0.3 is 0 Å². The molecule has 0 atom stereocenters. The molecule has 2 rings (SSSR count). The highest BCUT2D eigenvalue weighted by Crippen LogP contribution is 2.19. The Labute approximate surface area is 113 Å². The van der Waals surface area contributed by atoms with Crippen LogP contribution in [0.5, 0.6) is 5.88 Å². The van der Waals surface area contributed by atoms with Crippen LogP contribution in [0.3, 0.4) is 0 Å². The molecule has 1 aliphatic heterocycles. The van der Waals surface area contributed by atoms with E-state index in [2.05, 4.69) is 15.3 Å². The average molecular weight is 267 g/mol. The number of ether oxygens (including phenoxy) is 3. The molecular weight excluding hydrogens is 246 g/mol. The van der Waals surface area contributed by atoms with Gasteiger partial charge in [-0.1, -0.05) is 0 Å². The number of nitrogens with one attached hydrogen (secondary N) is 1. The lowest BCUT2D eigenvalue weighted by Crippen LogP contribution is -2.26. The Balaban J connectivity index is 2.04. The van der Waals surface area contributed by atoms with E-state index in [0.29, 0.717) is 24.9 Å². The highest BCUT2D eigenvalue weighted by atomic mass is 16.5. The van der Waals surface area contributed by atoms with Gasteiger partial charge in [-0.05, 0) is 6.92 Å². The highest BCUT2D eigenvalue weighted by Gasteiger charge is 2.16. The summed E-state index contributed by atoms with van der Waals surface area (Å²) in [6, 6.07) is 1.81. The predicted octanol–water partition coefficient (Wildman–Crippen LogP) is 1.61. The van der Waals surface area contributed by atoms with E-state index in [9.17, 15) is 0 Å². The van der Waals surface area contributed by atoms with Gasteiger partial charge < -0.3 is 19.5 Å². The van der Waals surface area contributed by atoms with Crippen molar-refractivity contribution >= 4 is 5.82 Å². The van der Waals surface area contributed by atoms with E-state index in [1.807, 2.05) is 20.0 Å². The molecule has 19 heavy (non-hydrogen) atoms. The summed E-state index contributed by atoms with van der Waals surface area (Å²) in [5, 5.41) is 3.01. The van der Waals surface area contributed by atoms with Gasteiger partial charge in [-0.15, -0.1) is 0 Å². The van der Waals surface area contributed by atoms with Crippen LogP contribution in [0.15, 0.2) is 6.07 Å².